The lowest BCUT2D eigenvalue weighted by atomic mass is 9.73. The van der Waals surface area contributed by atoms with Crippen molar-refractivity contribution in [2.24, 2.45) is 0 Å². The predicted molar refractivity (Wildman–Crippen MR) is 155 cm³/mol. The predicted octanol–water partition coefficient (Wildman–Crippen LogP) is 5.92. The highest BCUT2D eigenvalue weighted by molar-refractivity contribution is 7.10. The fourth-order valence-electron chi connectivity index (χ4n) is 6.08. The number of carboxylic acids is 1. The van der Waals surface area contributed by atoms with Gasteiger partial charge in [0.25, 0.3) is 0 Å². The van der Waals surface area contributed by atoms with Crippen LogP contribution in [0.3, 0.4) is 0 Å². The third-order valence-electron chi connectivity index (χ3n) is 7.82. The SMILES string of the molecule is COc1ccc([C@@H]2C3=C(C[C@@H](c4cccs4)CC3=O)Nc3c2c(C)nn3-c2ccccc2C(=O)O)c(OC)c1OC. The smallest absolute Gasteiger partial charge is 0.337 e. The molecule has 2 aromatic carbocycles. The Morgan fingerprint density at radius 2 is 1.80 bits per heavy atom. The van der Waals surface area contributed by atoms with Crippen LogP contribution in [-0.4, -0.2) is 48.0 Å². The second kappa shape index (κ2) is 10.4. The van der Waals surface area contributed by atoms with Gasteiger partial charge in [0.05, 0.1) is 38.3 Å². The van der Waals surface area contributed by atoms with Gasteiger partial charge in [0.2, 0.25) is 5.75 Å². The number of carbonyl (C=O) groups excluding carboxylic acids is 1. The minimum absolute atomic E-state index is 0.0343. The summed E-state index contributed by atoms with van der Waals surface area (Å²) in [6, 6.07) is 14.5. The zero-order valence-corrected chi connectivity index (χ0v) is 23.9. The van der Waals surface area contributed by atoms with E-state index in [0.29, 0.717) is 52.9 Å². The molecule has 0 bridgehead atoms. The van der Waals surface area contributed by atoms with Crippen molar-refractivity contribution in [3.8, 4) is 22.9 Å². The molecule has 4 aromatic rings. The van der Waals surface area contributed by atoms with Gasteiger partial charge in [-0.1, -0.05) is 24.3 Å². The number of aromatic carboxylic acids is 1. The van der Waals surface area contributed by atoms with Gasteiger partial charge in [0.1, 0.15) is 5.82 Å². The maximum Gasteiger partial charge on any atom is 0.337 e. The summed E-state index contributed by atoms with van der Waals surface area (Å²) in [6.45, 7) is 1.87. The molecule has 1 aliphatic heterocycles. The van der Waals surface area contributed by atoms with E-state index in [1.165, 1.54) is 0 Å². The number of ketones is 1. The molecule has 2 aromatic heterocycles. The summed E-state index contributed by atoms with van der Waals surface area (Å²) < 4.78 is 18.8. The molecule has 0 unspecified atom stereocenters. The van der Waals surface area contributed by atoms with E-state index in [1.54, 1.807) is 67.7 Å². The van der Waals surface area contributed by atoms with Crippen LogP contribution >= 0.6 is 11.3 Å². The molecular weight excluding hydrogens is 542 g/mol. The van der Waals surface area contributed by atoms with Crippen molar-refractivity contribution in [3.05, 3.63) is 92.4 Å². The van der Waals surface area contributed by atoms with Crippen LogP contribution in [0.4, 0.5) is 5.82 Å². The van der Waals surface area contributed by atoms with Crippen molar-refractivity contribution in [2.75, 3.05) is 26.6 Å². The Kier molecular flexibility index (Phi) is 6.78. The van der Waals surface area contributed by atoms with Gasteiger partial charge in [-0.15, -0.1) is 11.3 Å². The molecule has 2 aliphatic rings. The van der Waals surface area contributed by atoms with E-state index in [2.05, 4.69) is 11.4 Å². The molecule has 10 heteroatoms. The Labute approximate surface area is 241 Å². The van der Waals surface area contributed by atoms with Crippen LogP contribution < -0.4 is 19.5 Å². The van der Waals surface area contributed by atoms with Gasteiger partial charge in [0.15, 0.2) is 17.3 Å². The summed E-state index contributed by atoms with van der Waals surface area (Å²) in [5.74, 6) is 0.511. The van der Waals surface area contributed by atoms with Gasteiger partial charge < -0.3 is 24.6 Å². The van der Waals surface area contributed by atoms with Gasteiger partial charge >= 0.3 is 5.97 Å². The number of benzene rings is 2. The van der Waals surface area contributed by atoms with E-state index in [-0.39, 0.29) is 17.3 Å². The van der Waals surface area contributed by atoms with Crippen molar-refractivity contribution in [2.45, 2.75) is 31.6 Å². The average molecular weight is 572 g/mol. The van der Waals surface area contributed by atoms with Gasteiger partial charge in [-0.05, 0) is 43.0 Å². The third kappa shape index (κ3) is 4.26. The highest BCUT2D eigenvalue weighted by atomic mass is 32.1. The van der Waals surface area contributed by atoms with E-state index in [1.807, 2.05) is 24.4 Å². The molecule has 0 fully saturated rings. The number of para-hydroxylation sites is 1. The quantitative estimate of drug-likeness (QED) is 0.281. The second-order valence-electron chi connectivity index (χ2n) is 10.00. The number of rotatable bonds is 7. The van der Waals surface area contributed by atoms with Crippen molar-refractivity contribution in [1.29, 1.82) is 0 Å². The molecule has 0 spiro atoms. The number of methoxy groups -OCH3 is 3. The number of carbonyl (C=O) groups is 2. The monoisotopic (exact) mass is 571 g/mol. The summed E-state index contributed by atoms with van der Waals surface area (Å²) in [4.78, 5) is 27.4. The number of thiophene rings is 1. The summed E-state index contributed by atoms with van der Waals surface area (Å²) >= 11 is 1.64. The van der Waals surface area contributed by atoms with Gasteiger partial charge in [0, 0.05) is 45.5 Å². The second-order valence-corrected chi connectivity index (χ2v) is 11.0. The minimum Gasteiger partial charge on any atom is -0.493 e. The molecule has 0 amide bonds. The number of nitrogens with one attached hydrogen (secondary N) is 1. The fraction of sp³-hybridized carbons (Fsp3) is 0.258. The molecule has 41 heavy (non-hydrogen) atoms. The van der Waals surface area contributed by atoms with Gasteiger partial charge in [-0.25, -0.2) is 9.48 Å². The standard InChI is InChI=1S/C31H29N3O6S/c1-16-25-26(19-11-12-23(38-2)29(40-4)28(19)39-3)27-20(14-17(15-22(27)35)24-10-7-13-41-24)32-30(25)34(33-16)21-9-6-5-8-18(21)31(36)37/h5-13,17,26,32H,14-15H2,1-4H3,(H,36,37)/t17-,26+/m1/s1. The molecule has 2 atom stereocenters. The van der Waals surface area contributed by atoms with Crippen LogP contribution in [0.5, 0.6) is 17.2 Å². The molecule has 0 radical (unpaired) electrons. The van der Waals surface area contributed by atoms with Crippen LogP contribution in [0.15, 0.2) is 65.2 Å². The number of allylic oxidation sites excluding steroid dienone is 2. The van der Waals surface area contributed by atoms with Crippen molar-refractivity contribution in [1.82, 2.24) is 9.78 Å². The van der Waals surface area contributed by atoms with Crippen LogP contribution in [0.2, 0.25) is 0 Å². The number of fused-ring (bicyclic) bond motifs is 1. The molecular formula is C31H29N3O6S. The van der Waals surface area contributed by atoms with Gasteiger partial charge in [-0.3, -0.25) is 4.79 Å². The van der Waals surface area contributed by atoms with Crippen molar-refractivity contribution >= 4 is 28.9 Å². The molecule has 9 nitrogen and oxygen atoms in total. The maximum absolute atomic E-state index is 14.0. The summed E-state index contributed by atoms with van der Waals surface area (Å²) in [5.41, 5.74) is 4.17. The van der Waals surface area contributed by atoms with E-state index >= 15 is 0 Å². The molecule has 0 saturated carbocycles. The first-order valence-corrected chi connectivity index (χ1v) is 14.0. The molecule has 210 valence electrons. The number of carboxylic acid groups (broad SMARTS) is 1. The number of aryl methyl sites for hydroxylation is 1. The minimum atomic E-state index is -1.05. The molecule has 3 heterocycles. The Balaban J connectivity index is 1.62. The first-order chi connectivity index (χ1) is 19.9. The van der Waals surface area contributed by atoms with Crippen LogP contribution in [0, 0.1) is 6.92 Å². The zero-order valence-electron chi connectivity index (χ0n) is 23.1. The lowest BCUT2D eigenvalue weighted by Crippen LogP contribution is -2.30. The largest absolute Gasteiger partial charge is 0.493 e. The molecule has 2 N–H and O–H groups in total. The Bertz CT molecular complexity index is 1700. The number of Topliss-reactive ketones (excluding diaryl/α,β-unsaturated/α-hetero) is 1. The van der Waals surface area contributed by atoms with Crippen LogP contribution in [-0.2, 0) is 4.79 Å². The third-order valence-corrected chi connectivity index (χ3v) is 8.85. The summed E-state index contributed by atoms with van der Waals surface area (Å²) in [5, 5.41) is 20.3. The normalized spacial score (nSPS) is 17.9. The fourth-order valence-corrected chi connectivity index (χ4v) is 6.91. The van der Waals surface area contributed by atoms with E-state index in [9.17, 15) is 14.7 Å². The molecule has 0 saturated heterocycles. The highest BCUT2D eigenvalue weighted by Gasteiger charge is 2.43. The summed E-state index contributed by atoms with van der Waals surface area (Å²) in [7, 11) is 4.67. The number of aromatic nitrogens is 2. The van der Waals surface area contributed by atoms with Gasteiger partial charge in [-0.2, -0.15) is 5.10 Å². The Morgan fingerprint density at radius 3 is 2.49 bits per heavy atom. The zero-order chi connectivity index (χ0) is 28.8. The Morgan fingerprint density at radius 1 is 1.02 bits per heavy atom. The number of hydrogen-bond acceptors (Lipinski definition) is 8. The Hall–Kier alpha value is -4.57. The molecule has 6 rings (SSSR count). The highest BCUT2D eigenvalue weighted by Crippen LogP contribution is 2.54. The van der Waals surface area contributed by atoms with E-state index in [4.69, 9.17) is 19.3 Å². The average Bonchev–Trinajstić information content (AvgIpc) is 3.63. The van der Waals surface area contributed by atoms with Crippen molar-refractivity contribution in [3.63, 3.8) is 0 Å². The van der Waals surface area contributed by atoms with E-state index in [0.717, 1.165) is 21.7 Å². The number of hydrogen-bond donors (Lipinski definition) is 2. The van der Waals surface area contributed by atoms with Crippen molar-refractivity contribution < 1.29 is 28.9 Å². The number of nitrogens with zero attached hydrogens (tertiary/aromatic N) is 2. The molecule has 1 aliphatic carbocycles. The number of ether oxygens (including phenoxy) is 3. The van der Waals surface area contributed by atoms with Crippen LogP contribution in [0.25, 0.3) is 5.69 Å². The lowest BCUT2D eigenvalue weighted by molar-refractivity contribution is -0.116. The summed E-state index contributed by atoms with van der Waals surface area (Å²) in [6.07, 6.45) is 1.01. The lowest BCUT2D eigenvalue weighted by Gasteiger charge is -2.36. The topological polar surface area (TPSA) is 112 Å². The first kappa shape index (κ1) is 26.6. The first-order valence-electron chi connectivity index (χ1n) is 13.2. The van der Waals surface area contributed by atoms with Crippen LogP contribution in [0.1, 0.15) is 56.7 Å². The number of anilines is 1. The van der Waals surface area contributed by atoms with E-state index < -0.39 is 11.9 Å². The maximum atomic E-state index is 14.0.